The molecule has 0 aromatic heterocycles. The number of ether oxygens (including phenoxy) is 1. The molecule has 3 aromatic carbocycles. The number of hydrogen-bond acceptors (Lipinski definition) is 7. The van der Waals surface area contributed by atoms with Gasteiger partial charge in [-0.3, -0.25) is 14.8 Å². The van der Waals surface area contributed by atoms with Crippen LogP contribution in [0.15, 0.2) is 76.8 Å². The molecule has 0 spiro atoms. The number of benzene rings is 3. The van der Waals surface area contributed by atoms with Crippen LogP contribution in [0.5, 0.6) is 11.5 Å². The second-order valence-corrected chi connectivity index (χ2v) is 8.54. The first-order chi connectivity index (χ1) is 15.2. The van der Waals surface area contributed by atoms with Gasteiger partial charge in [0.1, 0.15) is 5.75 Å². The topological polar surface area (TPSA) is 120 Å². The Morgan fingerprint density at radius 3 is 2.41 bits per heavy atom. The predicted octanol–water partition coefficient (Wildman–Crippen LogP) is 4.52. The minimum atomic E-state index is -3.95. The van der Waals surface area contributed by atoms with Gasteiger partial charge in [0.2, 0.25) is 0 Å². The summed E-state index contributed by atoms with van der Waals surface area (Å²) in [5.74, 6) is 0.581. The van der Waals surface area contributed by atoms with Crippen LogP contribution in [0, 0.1) is 17.0 Å². The van der Waals surface area contributed by atoms with Crippen LogP contribution in [0.4, 0.5) is 11.4 Å². The van der Waals surface area contributed by atoms with Crippen LogP contribution >= 0.6 is 0 Å². The van der Waals surface area contributed by atoms with E-state index in [4.69, 9.17) is 9.57 Å². The summed E-state index contributed by atoms with van der Waals surface area (Å²) < 4.78 is 33.0. The van der Waals surface area contributed by atoms with Crippen LogP contribution in [-0.4, -0.2) is 26.2 Å². The molecule has 0 atom stereocenters. The molecular weight excluding hydrogens is 434 g/mol. The lowest BCUT2D eigenvalue weighted by Gasteiger charge is -2.10. The second-order valence-electron chi connectivity index (χ2n) is 6.86. The number of para-hydroxylation sites is 1. The number of nitrogens with zero attached hydrogens (tertiary/aromatic N) is 2. The SMILES string of the molecule is COc1ccccc1C(C)=NOc1cc(NS(=O)(=O)c2ccc(C)cc2)cc([N+](=O)[O-])c1. The zero-order chi connectivity index (χ0) is 23.3. The van der Waals surface area contributed by atoms with Crippen LogP contribution in [-0.2, 0) is 10.0 Å². The first-order valence-corrected chi connectivity index (χ1v) is 10.9. The molecule has 0 fully saturated rings. The van der Waals surface area contributed by atoms with Gasteiger partial charge in [0.05, 0.1) is 34.4 Å². The number of nitrogens with one attached hydrogen (secondary N) is 1. The highest BCUT2D eigenvalue weighted by atomic mass is 32.2. The summed E-state index contributed by atoms with van der Waals surface area (Å²) in [7, 11) is -2.43. The molecule has 0 aliphatic carbocycles. The number of aryl methyl sites for hydroxylation is 1. The van der Waals surface area contributed by atoms with Crippen molar-refractivity contribution in [2.45, 2.75) is 18.7 Å². The van der Waals surface area contributed by atoms with Crippen molar-refractivity contribution in [3.8, 4) is 11.5 Å². The van der Waals surface area contributed by atoms with Gasteiger partial charge in [-0.2, -0.15) is 0 Å². The monoisotopic (exact) mass is 455 g/mol. The molecule has 0 unspecified atom stereocenters. The lowest BCUT2D eigenvalue weighted by atomic mass is 10.1. The third kappa shape index (κ3) is 5.41. The molecule has 0 bridgehead atoms. The molecule has 10 heteroatoms. The smallest absolute Gasteiger partial charge is 0.275 e. The Morgan fingerprint density at radius 1 is 1.06 bits per heavy atom. The number of anilines is 1. The average Bonchev–Trinajstić information content (AvgIpc) is 2.77. The molecule has 0 aliphatic heterocycles. The van der Waals surface area contributed by atoms with E-state index >= 15 is 0 Å². The van der Waals surface area contributed by atoms with E-state index in [1.165, 1.54) is 25.3 Å². The van der Waals surface area contributed by atoms with Crippen molar-refractivity contribution < 1.29 is 22.9 Å². The Balaban J connectivity index is 1.91. The van der Waals surface area contributed by atoms with E-state index in [1.54, 1.807) is 31.2 Å². The summed E-state index contributed by atoms with van der Waals surface area (Å²) in [5, 5.41) is 15.4. The minimum Gasteiger partial charge on any atom is -0.496 e. The molecule has 166 valence electrons. The highest BCUT2D eigenvalue weighted by molar-refractivity contribution is 7.92. The van der Waals surface area contributed by atoms with Crippen LogP contribution in [0.1, 0.15) is 18.1 Å². The summed E-state index contributed by atoms with van der Waals surface area (Å²) in [5.41, 5.74) is 1.67. The first-order valence-electron chi connectivity index (χ1n) is 9.43. The van der Waals surface area contributed by atoms with E-state index in [0.29, 0.717) is 17.0 Å². The Morgan fingerprint density at radius 2 is 1.75 bits per heavy atom. The highest BCUT2D eigenvalue weighted by Gasteiger charge is 2.18. The molecule has 32 heavy (non-hydrogen) atoms. The Hall–Kier alpha value is -3.92. The van der Waals surface area contributed by atoms with Crippen LogP contribution in [0.2, 0.25) is 0 Å². The van der Waals surface area contributed by atoms with E-state index in [9.17, 15) is 18.5 Å². The van der Waals surface area contributed by atoms with Crippen molar-refractivity contribution in [2.24, 2.45) is 5.16 Å². The van der Waals surface area contributed by atoms with E-state index < -0.39 is 14.9 Å². The molecule has 0 radical (unpaired) electrons. The van der Waals surface area contributed by atoms with Crippen molar-refractivity contribution in [1.29, 1.82) is 0 Å². The van der Waals surface area contributed by atoms with E-state index in [2.05, 4.69) is 9.88 Å². The molecule has 9 nitrogen and oxygen atoms in total. The molecule has 3 aromatic rings. The van der Waals surface area contributed by atoms with Gasteiger partial charge in [-0.05, 0) is 38.1 Å². The van der Waals surface area contributed by atoms with Crippen LogP contribution in [0.3, 0.4) is 0 Å². The summed E-state index contributed by atoms with van der Waals surface area (Å²) >= 11 is 0. The zero-order valence-electron chi connectivity index (χ0n) is 17.6. The molecule has 0 saturated heterocycles. The van der Waals surface area contributed by atoms with Gasteiger partial charge in [-0.15, -0.1) is 0 Å². The molecular formula is C22H21N3O6S. The number of nitro groups is 1. The molecule has 0 amide bonds. The summed E-state index contributed by atoms with van der Waals surface area (Å²) in [6.45, 7) is 3.53. The summed E-state index contributed by atoms with van der Waals surface area (Å²) in [4.78, 5) is 16.1. The van der Waals surface area contributed by atoms with Crippen LogP contribution < -0.4 is 14.3 Å². The van der Waals surface area contributed by atoms with E-state index in [1.807, 2.05) is 19.1 Å². The second kappa shape index (κ2) is 9.48. The van der Waals surface area contributed by atoms with Gasteiger partial charge >= 0.3 is 0 Å². The van der Waals surface area contributed by atoms with E-state index in [-0.39, 0.29) is 22.0 Å². The fourth-order valence-electron chi connectivity index (χ4n) is 2.85. The lowest BCUT2D eigenvalue weighted by molar-refractivity contribution is -0.384. The number of non-ortho nitro benzene ring substituents is 1. The van der Waals surface area contributed by atoms with Gasteiger partial charge in [0, 0.05) is 17.7 Å². The predicted molar refractivity (Wildman–Crippen MR) is 121 cm³/mol. The number of sulfonamides is 1. The molecule has 0 saturated carbocycles. The number of rotatable bonds is 8. The average molecular weight is 455 g/mol. The quantitative estimate of drug-likeness (QED) is 0.303. The number of oxime groups is 1. The van der Waals surface area contributed by atoms with Crippen molar-refractivity contribution in [2.75, 3.05) is 11.8 Å². The number of methoxy groups -OCH3 is 1. The maximum absolute atomic E-state index is 12.7. The Labute approximate surface area is 185 Å². The molecule has 0 heterocycles. The van der Waals surface area contributed by atoms with Gasteiger partial charge in [-0.1, -0.05) is 35.0 Å². The summed E-state index contributed by atoms with van der Waals surface area (Å²) in [6, 6.07) is 17.0. The maximum Gasteiger partial charge on any atom is 0.275 e. The van der Waals surface area contributed by atoms with Crippen LogP contribution in [0.25, 0.3) is 0 Å². The van der Waals surface area contributed by atoms with Gasteiger partial charge in [-0.25, -0.2) is 8.42 Å². The lowest BCUT2D eigenvalue weighted by Crippen LogP contribution is -2.13. The highest BCUT2D eigenvalue weighted by Crippen LogP contribution is 2.28. The fraction of sp³-hybridized carbons (Fsp3) is 0.136. The molecule has 0 aliphatic rings. The zero-order valence-corrected chi connectivity index (χ0v) is 18.4. The van der Waals surface area contributed by atoms with Gasteiger partial charge < -0.3 is 9.57 Å². The fourth-order valence-corrected chi connectivity index (χ4v) is 3.89. The summed E-state index contributed by atoms with van der Waals surface area (Å²) in [6.07, 6.45) is 0. The first kappa shape index (κ1) is 22.8. The van der Waals surface area contributed by atoms with Gasteiger partial charge in [0.15, 0.2) is 5.75 Å². The molecule has 3 rings (SSSR count). The van der Waals surface area contributed by atoms with Crippen molar-refractivity contribution >= 4 is 27.1 Å². The van der Waals surface area contributed by atoms with Crippen molar-refractivity contribution in [1.82, 2.24) is 0 Å². The maximum atomic E-state index is 12.7. The minimum absolute atomic E-state index is 0.00458. The molecule has 1 N–H and O–H groups in total. The van der Waals surface area contributed by atoms with E-state index in [0.717, 1.165) is 17.7 Å². The standard InChI is InChI=1S/C22H21N3O6S/c1-15-8-10-20(11-9-15)32(28,29)24-17-12-18(25(26)27)14-19(13-17)31-23-16(2)21-6-4-5-7-22(21)30-3/h4-14,24H,1-3H3. The van der Waals surface area contributed by atoms with Crippen molar-refractivity contribution in [3.63, 3.8) is 0 Å². The Bertz CT molecular complexity index is 1270. The third-order valence-electron chi connectivity index (χ3n) is 4.47. The number of hydrogen-bond donors (Lipinski definition) is 1. The third-order valence-corrected chi connectivity index (χ3v) is 5.87. The largest absolute Gasteiger partial charge is 0.496 e. The number of nitro benzene ring substituents is 1. The van der Waals surface area contributed by atoms with Gasteiger partial charge in [0.25, 0.3) is 15.7 Å². The normalized spacial score (nSPS) is 11.7. The Kier molecular flexibility index (Phi) is 6.74. The van der Waals surface area contributed by atoms with Crippen molar-refractivity contribution in [3.05, 3.63) is 88.0 Å².